The van der Waals surface area contributed by atoms with Gasteiger partial charge in [0, 0.05) is 4.88 Å². The fourth-order valence-corrected chi connectivity index (χ4v) is 5.73. The maximum Gasteiger partial charge on any atom is 0.207 e. The molecule has 3 rings (SSSR count). The van der Waals surface area contributed by atoms with Crippen molar-refractivity contribution in [3.63, 3.8) is 0 Å². The highest BCUT2D eigenvalue weighted by Gasteiger charge is 2.24. The predicted molar refractivity (Wildman–Crippen MR) is 110 cm³/mol. The van der Waals surface area contributed by atoms with E-state index < -0.39 is 9.84 Å². The smallest absolute Gasteiger partial charge is 0.207 e. The van der Waals surface area contributed by atoms with Gasteiger partial charge in [-0.2, -0.15) is 0 Å². The average Bonchev–Trinajstić information content (AvgIpc) is 3.04. The Hall–Kier alpha value is -2.02. The minimum absolute atomic E-state index is 0.276. The number of thiocarbonyl (C=S) groups is 1. The number of hydrogen-bond donors (Lipinski definition) is 0. The van der Waals surface area contributed by atoms with Crippen LogP contribution in [0.5, 0.6) is 0 Å². The molecule has 0 unspecified atom stereocenters. The second kappa shape index (κ2) is 7.31. The molecule has 1 heterocycles. The van der Waals surface area contributed by atoms with E-state index >= 15 is 0 Å². The number of aryl methyl sites for hydroxylation is 2. The van der Waals surface area contributed by atoms with Crippen LogP contribution in [-0.4, -0.2) is 20.6 Å². The molecule has 0 saturated heterocycles. The molecule has 0 N–H and O–H groups in total. The first-order valence-electron chi connectivity index (χ1n) is 7.94. The highest BCUT2D eigenvalue weighted by molar-refractivity contribution is 7.91. The van der Waals surface area contributed by atoms with Crippen LogP contribution in [-0.2, 0) is 14.6 Å². The van der Waals surface area contributed by atoms with Crippen LogP contribution in [0.2, 0.25) is 0 Å². The van der Waals surface area contributed by atoms with E-state index in [4.69, 9.17) is 17.0 Å². The topological polar surface area (TPSA) is 43.4 Å². The maximum atomic E-state index is 13.2. The largest absolute Gasteiger partial charge is 0.486 e. The summed E-state index contributed by atoms with van der Waals surface area (Å²) < 4.78 is 31.5. The monoisotopic (exact) mass is 402 g/mol. The molecular weight excluding hydrogens is 384 g/mol. The zero-order valence-electron chi connectivity index (χ0n) is 14.6. The Morgan fingerprint density at radius 2 is 1.73 bits per heavy atom. The van der Waals surface area contributed by atoms with Gasteiger partial charge in [-0.3, -0.25) is 0 Å². The van der Waals surface area contributed by atoms with Gasteiger partial charge in [-0.25, -0.2) is 8.42 Å². The second-order valence-electron chi connectivity index (χ2n) is 5.87. The van der Waals surface area contributed by atoms with E-state index in [0.717, 1.165) is 16.7 Å². The van der Waals surface area contributed by atoms with Crippen molar-refractivity contribution in [3.05, 3.63) is 69.9 Å². The normalized spacial score (nSPS) is 11.3. The molecule has 3 nitrogen and oxygen atoms in total. The summed E-state index contributed by atoms with van der Waals surface area (Å²) in [6.07, 6.45) is 0. The first kappa shape index (κ1) is 18.8. The second-order valence-corrected chi connectivity index (χ2v) is 9.41. The molecule has 0 amide bonds. The summed E-state index contributed by atoms with van der Waals surface area (Å²) in [5, 5.41) is 0.299. The number of hydrogen-bond acceptors (Lipinski definition) is 5. The Morgan fingerprint density at radius 3 is 2.38 bits per heavy atom. The van der Waals surface area contributed by atoms with Crippen molar-refractivity contribution in [2.45, 2.75) is 23.6 Å². The minimum Gasteiger partial charge on any atom is -0.486 e. The number of ether oxygens (including phenoxy) is 1. The van der Waals surface area contributed by atoms with E-state index in [9.17, 15) is 8.42 Å². The van der Waals surface area contributed by atoms with Gasteiger partial charge in [0.25, 0.3) is 0 Å². The molecule has 0 bridgehead atoms. The summed E-state index contributed by atoms with van der Waals surface area (Å²) in [7, 11) is -2.16. The molecular formula is C20H18O3S3. The van der Waals surface area contributed by atoms with Crippen molar-refractivity contribution in [2.24, 2.45) is 0 Å². The van der Waals surface area contributed by atoms with Crippen LogP contribution >= 0.6 is 23.6 Å². The SMILES string of the molecule is COC(=S)c1cc(S(=O)(=O)c2ccc(C)c(-c3ccccc3)c2)c(C)s1. The lowest BCUT2D eigenvalue weighted by atomic mass is 10.0. The van der Waals surface area contributed by atoms with Crippen molar-refractivity contribution in [2.75, 3.05) is 7.11 Å². The van der Waals surface area contributed by atoms with Crippen LogP contribution in [0.3, 0.4) is 0 Å². The van der Waals surface area contributed by atoms with Gasteiger partial charge in [-0.15, -0.1) is 11.3 Å². The van der Waals surface area contributed by atoms with Crippen molar-refractivity contribution in [3.8, 4) is 11.1 Å². The fraction of sp³-hybridized carbons (Fsp3) is 0.150. The van der Waals surface area contributed by atoms with Crippen molar-refractivity contribution in [1.82, 2.24) is 0 Å². The molecule has 2 aromatic carbocycles. The first-order valence-corrected chi connectivity index (χ1v) is 10.7. The highest BCUT2D eigenvalue weighted by Crippen LogP contribution is 2.33. The third kappa shape index (κ3) is 3.45. The Kier molecular flexibility index (Phi) is 5.27. The lowest BCUT2D eigenvalue weighted by Crippen LogP contribution is -2.03. The Labute approximate surface area is 163 Å². The molecule has 0 fully saturated rings. The molecule has 0 aliphatic carbocycles. The molecule has 1 aromatic heterocycles. The van der Waals surface area contributed by atoms with Gasteiger partial charge in [-0.1, -0.05) is 36.4 Å². The van der Waals surface area contributed by atoms with Crippen LogP contribution in [0.1, 0.15) is 15.3 Å². The molecule has 0 spiro atoms. The van der Waals surface area contributed by atoms with Gasteiger partial charge in [0.2, 0.25) is 14.9 Å². The van der Waals surface area contributed by atoms with Crippen LogP contribution in [0, 0.1) is 13.8 Å². The van der Waals surface area contributed by atoms with E-state index in [2.05, 4.69) is 0 Å². The van der Waals surface area contributed by atoms with E-state index in [1.165, 1.54) is 18.4 Å². The maximum absolute atomic E-state index is 13.2. The standard InChI is InChI=1S/C20H18O3S3/c1-13-9-10-16(11-17(13)15-7-5-4-6-8-15)26(21,22)19-12-18(20(24)23-3)25-14(19)2/h4-12H,1-3H3. The number of sulfone groups is 1. The van der Waals surface area contributed by atoms with Crippen LogP contribution in [0.15, 0.2) is 64.4 Å². The Balaban J connectivity index is 2.12. The summed E-state index contributed by atoms with van der Waals surface area (Å²) in [6.45, 7) is 3.76. The first-order chi connectivity index (χ1) is 12.3. The van der Waals surface area contributed by atoms with Crippen LogP contribution in [0.4, 0.5) is 0 Å². The quantitative estimate of drug-likeness (QED) is 0.564. The van der Waals surface area contributed by atoms with Gasteiger partial charge >= 0.3 is 0 Å². The van der Waals surface area contributed by atoms with E-state index in [1.54, 1.807) is 25.1 Å². The summed E-state index contributed by atoms with van der Waals surface area (Å²) in [5.41, 5.74) is 2.93. The molecule has 26 heavy (non-hydrogen) atoms. The molecule has 0 saturated carbocycles. The average molecular weight is 403 g/mol. The zero-order chi connectivity index (χ0) is 18.9. The highest BCUT2D eigenvalue weighted by atomic mass is 32.2. The number of benzene rings is 2. The fourth-order valence-electron chi connectivity index (χ4n) is 2.76. The molecule has 0 aliphatic heterocycles. The Morgan fingerprint density at radius 1 is 1.04 bits per heavy atom. The molecule has 134 valence electrons. The van der Waals surface area contributed by atoms with Crippen LogP contribution in [0.25, 0.3) is 11.1 Å². The number of methoxy groups -OCH3 is 1. The van der Waals surface area contributed by atoms with Gasteiger partial charge in [-0.05, 0) is 61.0 Å². The predicted octanol–water partition coefficient (Wildman–Crippen LogP) is 5.19. The lowest BCUT2D eigenvalue weighted by Gasteiger charge is -2.10. The Bertz CT molecular complexity index is 1060. The molecule has 0 aliphatic rings. The summed E-state index contributed by atoms with van der Waals surface area (Å²) in [6, 6.07) is 16.6. The van der Waals surface area contributed by atoms with Gasteiger partial charge in [0.1, 0.15) is 0 Å². The molecule has 3 aromatic rings. The summed E-state index contributed by atoms with van der Waals surface area (Å²) >= 11 is 6.46. The molecule has 6 heteroatoms. The number of thiophene rings is 1. The van der Waals surface area contributed by atoms with Gasteiger partial charge in [0.15, 0.2) is 0 Å². The number of rotatable bonds is 4. The summed E-state index contributed by atoms with van der Waals surface area (Å²) in [4.78, 5) is 1.90. The van der Waals surface area contributed by atoms with Gasteiger partial charge < -0.3 is 4.74 Å². The molecule has 0 atom stereocenters. The van der Waals surface area contributed by atoms with E-state index in [0.29, 0.717) is 14.8 Å². The minimum atomic E-state index is -3.64. The third-order valence-electron chi connectivity index (χ3n) is 4.15. The van der Waals surface area contributed by atoms with Crippen molar-refractivity contribution >= 4 is 38.4 Å². The zero-order valence-corrected chi connectivity index (χ0v) is 17.1. The third-order valence-corrected chi connectivity index (χ3v) is 7.72. The van der Waals surface area contributed by atoms with Crippen molar-refractivity contribution in [1.29, 1.82) is 0 Å². The van der Waals surface area contributed by atoms with Crippen molar-refractivity contribution < 1.29 is 13.2 Å². The van der Waals surface area contributed by atoms with E-state index in [1.807, 2.05) is 43.3 Å². The van der Waals surface area contributed by atoms with Crippen LogP contribution < -0.4 is 0 Å². The van der Waals surface area contributed by atoms with E-state index in [-0.39, 0.29) is 9.79 Å². The molecule has 0 radical (unpaired) electrons. The lowest BCUT2D eigenvalue weighted by molar-refractivity contribution is 0.417. The summed E-state index contributed by atoms with van der Waals surface area (Å²) in [5.74, 6) is 0. The van der Waals surface area contributed by atoms with Gasteiger partial charge in [0.05, 0.1) is 21.8 Å².